The largest absolute Gasteiger partial charge is 0.0654 e. The number of hydrogen-bond acceptors (Lipinski definition) is 0. The molecule has 0 heteroatoms. The molecule has 3 atom stereocenters. The van der Waals surface area contributed by atoms with Gasteiger partial charge in [-0.3, -0.25) is 0 Å². The predicted molar refractivity (Wildman–Crippen MR) is 62.3 cm³/mol. The van der Waals surface area contributed by atoms with Crippen LogP contribution in [-0.2, 0) is 0 Å². The summed E-state index contributed by atoms with van der Waals surface area (Å²) < 4.78 is 0. The fraction of sp³-hybridized carbons (Fsp3) is 1.00. The number of unbranched alkanes of at least 4 members (excludes halogenated alkanes) is 1. The van der Waals surface area contributed by atoms with Crippen LogP contribution in [0, 0.1) is 17.8 Å². The third kappa shape index (κ3) is 2.32. The van der Waals surface area contributed by atoms with Crippen LogP contribution in [0.4, 0.5) is 0 Å². The van der Waals surface area contributed by atoms with Gasteiger partial charge in [-0.1, -0.05) is 64.7 Å². The first-order valence-corrected chi connectivity index (χ1v) is 6.92. The van der Waals surface area contributed by atoms with Crippen molar-refractivity contribution in [3.8, 4) is 0 Å². The van der Waals surface area contributed by atoms with Crippen LogP contribution in [0.3, 0.4) is 0 Å². The molecule has 0 spiro atoms. The van der Waals surface area contributed by atoms with Gasteiger partial charge in [0, 0.05) is 0 Å². The summed E-state index contributed by atoms with van der Waals surface area (Å²) in [5.41, 5.74) is 0. The molecule has 14 heavy (non-hydrogen) atoms. The molecule has 0 unspecified atom stereocenters. The van der Waals surface area contributed by atoms with Gasteiger partial charge in [-0.25, -0.2) is 0 Å². The van der Waals surface area contributed by atoms with Crippen LogP contribution in [0.5, 0.6) is 0 Å². The van der Waals surface area contributed by atoms with Crippen molar-refractivity contribution >= 4 is 0 Å². The van der Waals surface area contributed by atoms with Crippen molar-refractivity contribution in [3.05, 3.63) is 0 Å². The maximum absolute atomic E-state index is 2.33. The van der Waals surface area contributed by atoms with Gasteiger partial charge in [-0.2, -0.15) is 0 Å². The zero-order chi connectivity index (χ0) is 9.80. The average molecular weight is 194 g/mol. The zero-order valence-corrected chi connectivity index (χ0v) is 9.80. The molecular weight excluding hydrogens is 168 g/mol. The normalized spacial score (nSPS) is 37.9. The molecule has 0 aromatic heterocycles. The molecule has 0 aliphatic heterocycles. The molecule has 0 heterocycles. The van der Waals surface area contributed by atoms with Crippen LogP contribution in [0.15, 0.2) is 0 Å². The van der Waals surface area contributed by atoms with Gasteiger partial charge in [0.05, 0.1) is 0 Å². The first kappa shape index (κ1) is 10.5. The molecule has 0 aromatic rings. The van der Waals surface area contributed by atoms with E-state index in [0.29, 0.717) is 0 Å². The highest BCUT2D eigenvalue weighted by Gasteiger charge is 2.33. The quantitative estimate of drug-likeness (QED) is 0.606. The van der Waals surface area contributed by atoms with E-state index in [1.165, 1.54) is 38.5 Å². The summed E-state index contributed by atoms with van der Waals surface area (Å²) in [6.45, 7) is 2.33. The summed E-state index contributed by atoms with van der Waals surface area (Å²) in [5, 5.41) is 0. The van der Waals surface area contributed by atoms with Crippen molar-refractivity contribution in [2.75, 3.05) is 0 Å². The Morgan fingerprint density at radius 2 is 1.71 bits per heavy atom. The van der Waals surface area contributed by atoms with E-state index in [-0.39, 0.29) is 0 Å². The molecule has 2 aliphatic rings. The Kier molecular flexibility index (Phi) is 3.89. The highest BCUT2D eigenvalue weighted by Crippen LogP contribution is 2.45. The smallest absolute Gasteiger partial charge is 0.0357 e. The number of hydrogen-bond donors (Lipinski definition) is 0. The molecule has 0 radical (unpaired) electrons. The van der Waals surface area contributed by atoms with Gasteiger partial charge in [-0.15, -0.1) is 0 Å². The van der Waals surface area contributed by atoms with Crippen molar-refractivity contribution in [2.45, 2.75) is 71.1 Å². The minimum Gasteiger partial charge on any atom is -0.0654 e. The molecule has 2 saturated carbocycles. The summed E-state index contributed by atoms with van der Waals surface area (Å²) in [7, 11) is 0. The molecule has 0 bridgehead atoms. The first-order valence-electron chi connectivity index (χ1n) is 6.92. The fourth-order valence-corrected chi connectivity index (χ4v) is 3.90. The second-order valence-corrected chi connectivity index (χ2v) is 5.54. The first-order chi connectivity index (χ1) is 6.92. The number of rotatable bonds is 3. The summed E-state index contributed by atoms with van der Waals surface area (Å²) in [6.07, 6.45) is 15.3. The molecule has 0 amide bonds. The Labute approximate surface area is 89.5 Å². The second-order valence-electron chi connectivity index (χ2n) is 5.54. The standard InChI is InChI=1S/C14H26/c1-2-3-7-12-9-6-10-13-8-4-5-11-14(12)13/h12-14H,2-11H2,1H3/t12-,13+,14-/m0/s1. The van der Waals surface area contributed by atoms with E-state index in [2.05, 4.69) is 6.92 Å². The Hall–Kier alpha value is 0. The van der Waals surface area contributed by atoms with Crippen LogP contribution in [-0.4, -0.2) is 0 Å². The van der Waals surface area contributed by atoms with Gasteiger partial charge in [0.1, 0.15) is 0 Å². The summed E-state index contributed by atoms with van der Waals surface area (Å²) >= 11 is 0. The van der Waals surface area contributed by atoms with Crippen molar-refractivity contribution in [3.63, 3.8) is 0 Å². The zero-order valence-electron chi connectivity index (χ0n) is 9.80. The van der Waals surface area contributed by atoms with Crippen molar-refractivity contribution in [1.82, 2.24) is 0 Å². The molecule has 0 N–H and O–H groups in total. The van der Waals surface area contributed by atoms with E-state index < -0.39 is 0 Å². The van der Waals surface area contributed by atoms with E-state index in [1.54, 1.807) is 25.7 Å². The second kappa shape index (κ2) is 5.19. The Balaban J connectivity index is 1.88. The lowest BCUT2D eigenvalue weighted by molar-refractivity contribution is 0.0965. The van der Waals surface area contributed by atoms with E-state index in [0.717, 1.165) is 17.8 Å². The lowest BCUT2D eigenvalue weighted by Gasteiger charge is -2.41. The number of fused-ring (bicyclic) bond motifs is 1. The molecule has 0 aromatic carbocycles. The van der Waals surface area contributed by atoms with Crippen LogP contribution >= 0.6 is 0 Å². The Bertz CT molecular complexity index is 159. The molecular formula is C14H26. The van der Waals surface area contributed by atoms with Crippen LogP contribution in [0.25, 0.3) is 0 Å². The third-order valence-electron chi connectivity index (χ3n) is 4.65. The highest BCUT2D eigenvalue weighted by atomic mass is 14.4. The van der Waals surface area contributed by atoms with E-state index in [4.69, 9.17) is 0 Å². The molecule has 2 fully saturated rings. The highest BCUT2D eigenvalue weighted by molar-refractivity contribution is 4.84. The predicted octanol–water partition coefficient (Wildman–Crippen LogP) is 4.78. The van der Waals surface area contributed by atoms with Gasteiger partial charge < -0.3 is 0 Å². The van der Waals surface area contributed by atoms with Crippen molar-refractivity contribution in [2.24, 2.45) is 17.8 Å². The molecule has 0 nitrogen and oxygen atoms in total. The van der Waals surface area contributed by atoms with E-state index in [9.17, 15) is 0 Å². The summed E-state index contributed by atoms with van der Waals surface area (Å²) in [6, 6.07) is 0. The van der Waals surface area contributed by atoms with Crippen LogP contribution < -0.4 is 0 Å². The van der Waals surface area contributed by atoms with Gasteiger partial charge >= 0.3 is 0 Å². The Morgan fingerprint density at radius 3 is 2.57 bits per heavy atom. The average Bonchev–Trinajstić information content (AvgIpc) is 2.26. The Morgan fingerprint density at radius 1 is 0.929 bits per heavy atom. The van der Waals surface area contributed by atoms with Gasteiger partial charge in [-0.05, 0) is 24.2 Å². The van der Waals surface area contributed by atoms with Crippen LogP contribution in [0.2, 0.25) is 0 Å². The molecule has 82 valence electrons. The lowest BCUT2D eigenvalue weighted by atomic mass is 9.64. The van der Waals surface area contributed by atoms with Gasteiger partial charge in [0.25, 0.3) is 0 Å². The fourth-order valence-electron chi connectivity index (χ4n) is 3.90. The molecule has 2 aliphatic carbocycles. The maximum Gasteiger partial charge on any atom is -0.0357 e. The minimum absolute atomic E-state index is 1.12. The summed E-state index contributed by atoms with van der Waals surface area (Å²) in [4.78, 5) is 0. The summed E-state index contributed by atoms with van der Waals surface area (Å²) in [5.74, 6) is 3.40. The van der Waals surface area contributed by atoms with Gasteiger partial charge in [0.2, 0.25) is 0 Å². The van der Waals surface area contributed by atoms with Crippen molar-refractivity contribution in [1.29, 1.82) is 0 Å². The van der Waals surface area contributed by atoms with Gasteiger partial charge in [0.15, 0.2) is 0 Å². The van der Waals surface area contributed by atoms with E-state index >= 15 is 0 Å². The minimum atomic E-state index is 1.12. The van der Waals surface area contributed by atoms with Crippen LogP contribution in [0.1, 0.15) is 71.1 Å². The molecule has 0 saturated heterocycles. The third-order valence-corrected chi connectivity index (χ3v) is 4.65. The monoisotopic (exact) mass is 194 g/mol. The maximum atomic E-state index is 2.33. The topological polar surface area (TPSA) is 0 Å². The SMILES string of the molecule is CCCC[C@H]1CCC[C@H]2CCCC[C@H]21. The van der Waals surface area contributed by atoms with E-state index in [1.807, 2.05) is 0 Å². The van der Waals surface area contributed by atoms with Crippen molar-refractivity contribution < 1.29 is 0 Å². The lowest BCUT2D eigenvalue weighted by Crippen LogP contribution is -2.30. The molecule has 2 rings (SSSR count).